The Hall–Kier alpha value is -1.08. The number of hydrogen-bond donors (Lipinski definition) is 0. The number of rotatable bonds is 1. The maximum atomic E-state index is 5.34. The Kier molecular flexibility index (Phi) is 3.15. The molecule has 1 saturated heterocycles. The molecule has 1 heterocycles. The second-order valence-electron chi connectivity index (χ2n) is 5.48. The zero-order chi connectivity index (χ0) is 11.6. The topological polar surface area (TPSA) is 9.23 Å². The summed E-state index contributed by atoms with van der Waals surface area (Å²) in [5, 5.41) is 0. The summed E-state index contributed by atoms with van der Waals surface area (Å²) in [5.74, 6) is 0. The third-order valence-corrected chi connectivity index (χ3v) is 3.00. The minimum Gasteiger partial charge on any atom is -0.377 e. The van der Waals surface area contributed by atoms with Gasteiger partial charge in [-0.3, -0.25) is 0 Å². The lowest BCUT2D eigenvalue weighted by atomic mass is 9.86. The molecule has 0 aliphatic carbocycles. The Morgan fingerprint density at radius 2 is 1.81 bits per heavy atom. The fourth-order valence-electron chi connectivity index (χ4n) is 1.91. The molecule has 0 N–H and O–H groups in total. The molecule has 0 unspecified atom stereocenters. The van der Waals surface area contributed by atoms with E-state index in [4.69, 9.17) is 4.74 Å². The van der Waals surface area contributed by atoms with Crippen LogP contribution in [0.2, 0.25) is 0 Å². The number of ether oxygens (including phenoxy) is 1. The van der Waals surface area contributed by atoms with E-state index in [1.165, 1.54) is 16.7 Å². The van der Waals surface area contributed by atoms with E-state index in [0.717, 1.165) is 19.6 Å². The van der Waals surface area contributed by atoms with Crippen molar-refractivity contribution in [3.8, 4) is 0 Å². The van der Waals surface area contributed by atoms with Gasteiger partial charge in [-0.05, 0) is 28.5 Å². The van der Waals surface area contributed by atoms with Crippen molar-refractivity contribution in [3.05, 3.63) is 41.0 Å². The molecule has 1 aliphatic heterocycles. The normalized spacial score (nSPS) is 19.3. The van der Waals surface area contributed by atoms with Crippen LogP contribution in [-0.4, -0.2) is 13.2 Å². The van der Waals surface area contributed by atoms with E-state index in [2.05, 4.69) is 51.1 Å². The first-order valence-electron chi connectivity index (χ1n) is 5.93. The SMILES string of the molecule is CC(C)(C)c1ccc(C=C2CCOC2)cc1. The lowest BCUT2D eigenvalue weighted by Crippen LogP contribution is -2.10. The summed E-state index contributed by atoms with van der Waals surface area (Å²) in [4.78, 5) is 0. The van der Waals surface area contributed by atoms with Crippen LogP contribution in [0, 0.1) is 0 Å². The van der Waals surface area contributed by atoms with Gasteiger partial charge in [-0.25, -0.2) is 0 Å². The zero-order valence-electron chi connectivity index (χ0n) is 10.4. The number of benzene rings is 1. The van der Waals surface area contributed by atoms with Gasteiger partial charge >= 0.3 is 0 Å². The van der Waals surface area contributed by atoms with E-state index in [0.29, 0.717) is 0 Å². The van der Waals surface area contributed by atoms with Gasteiger partial charge in [0.05, 0.1) is 13.2 Å². The minimum absolute atomic E-state index is 0.238. The average Bonchev–Trinajstić information content (AvgIpc) is 2.70. The maximum Gasteiger partial charge on any atom is 0.0681 e. The number of hydrogen-bond acceptors (Lipinski definition) is 1. The second-order valence-corrected chi connectivity index (χ2v) is 5.48. The van der Waals surface area contributed by atoms with Gasteiger partial charge in [0.25, 0.3) is 0 Å². The summed E-state index contributed by atoms with van der Waals surface area (Å²) in [6.07, 6.45) is 3.33. The van der Waals surface area contributed by atoms with Gasteiger partial charge in [-0.2, -0.15) is 0 Å². The molecule has 0 saturated carbocycles. The van der Waals surface area contributed by atoms with Crippen LogP contribution < -0.4 is 0 Å². The van der Waals surface area contributed by atoms with Gasteiger partial charge in [-0.15, -0.1) is 0 Å². The molecule has 1 aliphatic rings. The Labute approximate surface area is 98.1 Å². The Balaban J connectivity index is 2.16. The van der Waals surface area contributed by atoms with Gasteiger partial charge in [0, 0.05) is 0 Å². The molecule has 0 bridgehead atoms. The molecule has 0 spiro atoms. The van der Waals surface area contributed by atoms with Crippen LogP contribution in [0.1, 0.15) is 38.3 Å². The lowest BCUT2D eigenvalue weighted by Gasteiger charge is -2.18. The molecule has 2 rings (SSSR count). The first-order valence-corrected chi connectivity index (χ1v) is 5.93. The highest BCUT2D eigenvalue weighted by Crippen LogP contribution is 2.23. The van der Waals surface area contributed by atoms with Crippen molar-refractivity contribution in [3.63, 3.8) is 0 Å². The van der Waals surface area contributed by atoms with Crippen molar-refractivity contribution in [2.75, 3.05) is 13.2 Å². The molecule has 0 radical (unpaired) electrons. The molecular weight excluding hydrogens is 196 g/mol. The maximum absolute atomic E-state index is 5.34. The molecule has 0 aromatic heterocycles. The third kappa shape index (κ3) is 2.73. The summed E-state index contributed by atoms with van der Waals surface area (Å²) >= 11 is 0. The van der Waals surface area contributed by atoms with Crippen LogP contribution in [0.15, 0.2) is 29.8 Å². The van der Waals surface area contributed by atoms with Crippen LogP contribution >= 0.6 is 0 Å². The van der Waals surface area contributed by atoms with E-state index in [1.807, 2.05) is 0 Å². The molecule has 16 heavy (non-hydrogen) atoms. The summed E-state index contributed by atoms with van der Waals surface area (Å²) in [7, 11) is 0. The summed E-state index contributed by atoms with van der Waals surface area (Å²) < 4.78 is 5.34. The van der Waals surface area contributed by atoms with E-state index in [-0.39, 0.29) is 5.41 Å². The van der Waals surface area contributed by atoms with Crippen molar-refractivity contribution in [2.24, 2.45) is 0 Å². The molecule has 1 aromatic carbocycles. The quantitative estimate of drug-likeness (QED) is 0.694. The zero-order valence-corrected chi connectivity index (χ0v) is 10.4. The highest BCUT2D eigenvalue weighted by atomic mass is 16.5. The Morgan fingerprint density at radius 3 is 2.31 bits per heavy atom. The molecule has 1 aromatic rings. The van der Waals surface area contributed by atoms with Crippen molar-refractivity contribution >= 4 is 6.08 Å². The van der Waals surface area contributed by atoms with Crippen molar-refractivity contribution in [1.82, 2.24) is 0 Å². The predicted molar refractivity (Wildman–Crippen MR) is 68.6 cm³/mol. The highest BCUT2D eigenvalue weighted by molar-refractivity contribution is 5.54. The minimum atomic E-state index is 0.238. The van der Waals surface area contributed by atoms with E-state index in [9.17, 15) is 0 Å². The molecule has 0 atom stereocenters. The van der Waals surface area contributed by atoms with E-state index >= 15 is 0 Å². The van der Waals surface area contributed by atoms with Crippen LogP contribution in [0.5, 0.6) is 0 Å². The molecular formula is C15H20O. The van der Waals surface area contributed by atoms with E-state index < -0.39 is 0 Å². The van der Waals surface area contributed by atoms with Crippen LogP contribution in [-0.2, 0) is 10.2 Å². The third-order valence-electron chi connectivity index (χ3n) is 3.00. The molecule has 1 heteroatoms. The largest absolute Gasteiger partial charge is 0.377 e. The first kappa shape index (κ1) is 11.4. The standard InChI is InChI=1S/C15H20O/c1-15(2,3)14-6-4-12(5-7-14)10-13-8-9-16-11-13/h4-7,10H,8-9,11H2,1-3H3. The summed E-state index contributed by atoms with van der Waals surface area (Å²) in [6, 6.07) is 8.85. The second kappa shape index (κ2) is 4.42. The molecule has 1 nitrogen and oxygen atoms in total. The average molecular weight is 216 g/mol. The van der Waals surface area contributed by atoms with Gasteiger partial charge < -0.3 is 4.74 Å². The van der Waals surface area contributed by atoms with E-state index in [1.54, 1.807) is 0 Å². The van der Waals surface area contributed by atoms with Gasteiger partial charge in [-0.1, -0.05) is 51.1 Å². The highest BCUT2D eigenvalue weighted by Gasteiger charge is 2.12. The first-order chi connectivity index (χ1) is 7.55. The molecule has 0 amide bonds. The molecule has 86 valence electrons. The van der Waals surface area contributed by atoms with Crippen molar-refractivity contribution in [2.45, 2.75) is 32.6 Å². The van der Waals surface area contributed by atoms with Crippen LogP contribution in [0.4, 0.5) is 0 Å². The molecule has 1 fully saturated rings. The summed E-state index contributed by atoms with van der Waals surface area (Å²) in [6.45, 7) is 8.41. The van der Waals surface area contributed by atoms with Gasteiger partial charge in [0.2, 0.25) is 0 Å². The van der Waals surface area contributed by atoms with Crippen molar-refractivity contribution < 1.29 is 4.74 Å². The Bertz CT molecular complexity index is 371. The Morgan fingerprint density at radius 1 is 1.12 bits per heavy atom. The monoisotopic (exact) mass is 216 g/mol. The van der Waals surface area contributed by atoms with Crippen LogP contribution in [0.3, 0.4) is 0 Å². The summed E-state index contributed by atoms with van der Waals surface area (Å²) in [5.41, 5.74) is 4.32. The van der Waals surface area contributed by atoms with Crippen molar-refractivity contribution in [1.29, 1.82) is 0 Å². The fraction of sp³-hybridized carbons (Fsp3) is 0.467. The predicted octanol–water partition coefficient (Wildman–Crippen LogP) is 3.79. The van der Waals surface area contributed by atoms with Gasteiger partial charge in [0.1, 0.15) is 0 Å². The fourth-order valence-corrected chi connectivity index (χ4v) is 1.91. The smallest absolute Gasteiger partial charge is 0.0681 e. The van der Waals surface area contributed by atoms with Crippen LogP contribution in [0.25, 0.3) is 6.08 Å². The van der Waals surface area contributed by atoms with Gasteiger partial charge in [0.15, 0.2) is 0 Å². The lowest BCUT2D eigenvalue weighted by molar-refractivity contribution is 0.205.